The number of benzene rings is 2. The predicted molar refractivity (Wildman–Crippen MR) is 223 cm³/mol. The molecule has 3 heteroatoms. The number of rotatable bonds is 20. The molecule has 0 aromatic heterocycles. The quantitative estimate of drug-likeness (QED) is 0.103. The van der Waals surface area contributed by atoms with Crippen molar-refractivity contribution in [1.82, 2.24) is 4.90 Å². The van der Waals surface area contributed by atoms with Crippen LogP contribution in [-0.4, -0.2) is 17.2 Å². The number of nitrogens with zero attached hydrogens (tertiary/aromatic N) is 1. The fraction of sp³-hybridized carbons (Fsp3) is 0.644. The van der Waals surface area contributed by atoms with Gasteiger partial charge in [0.2, 0.25) is 0 Å². The highest BCUT2D eigenvalue weighted by Crippen LogP contribution is 2.62. The standard InChI is InChI=1S/C45H73NS2/c1-15-16-17-34(4)43(9,10)30-40(38-24-22-37(32-48)23-25-38)44(11,12)45(13,14)41(42(6,7)8)39-26-20-36(21-27-39)31-46(28-29-47)35(5)19-18-33(2)3/h20-27,34,40-41,47-48H,2,5,15-19,28-32H2,1,3-4,6-14H3. The van der Waals surface area contributed by atoms with Crippen molar-refractivity contribution in [3.05, 3.63) is 95.2 Å². The van der Waals surface area contributed by atoms with E-state index < -0.39 is 0 Å². The maximum Gasteiger partial charge on any atom is 0.0426 e. The minimum absolute atomic E-state index is 0.00175. The van der Waals surface area contributed by atoms with E-state index in [1.807, 2.05) is 0 Å². The molecule has 2 aromatic rings. The van der Waals surface area contributed by atoms with Gasteiger partial charge in [-0.1, -0.05) is 156 Å². The molecule has 2 rings (SSSR count). The van der Waals surface area contributed by atoms with Gasteiger partial charge in [-0.2, -0.15) is 25.3 Å². The summed E-state index contributed by atoms with van der Waals surface area (Å²) in [6, 6.07) is 19.0. The average molecular weight is 692 g/mol. The fourth-order valence-electron chi connectivity index (χ4n) is 8.11. The smallest absolute Gasteiger partial charge is 0.0426 e. The molecular weight excluding hydrogens is 619 g/mol. The number of hydrogen-bond acceptors (Lipinski definition) is 3. The number of allylic oxidation sites excluding steroid dienone is 2. The zero-order chi connectivity index (χ0) is 36.5. The van der Waals surface area contributed by atoms with Crippen molar-refractivity contribution in [1.29, 1.82) is 0 Å². The Morgan fingerprint density at radius 3 is 1.79 bits per heavy atom. The van der Waals surface area contributed by atoms with Gasteiger partial charge >= 0.3 is 0 Å². The van der Waals surface area contributed by atoms with Gasteiger partial charge in [-0.3, -0.25) is 0 Å². The second kappa shape index (κ2) is 18.1. The Bertz CT molecular complexity index is 1280. The van der Waals surface area contributed by atoms with E-state index in [9.17, 15) is 0 Å². The lowest BCUT2D eigenvalue weighted by atomic mass is 9.48. The first-order chi connectivity index (χ1) is 22.2. The van der Waals surface area contributed by atoms with Crippen LogP contribution in [0.4, 0.5) is 0 Å². The third-order valence-electron chi connectivity index (χ3n) is 12.1. The average Bonchev–Trinajstić information content (AvgIpc) is 3.01. The highest BCUT2D eigenvalue weighted by atomic mass is 32.1. The van der Waals surface area contributed by atoms with Crippen molar-refractivity contribution in [3.63, 3.8) is 0 Å². The van der Waals surface area contributed by atoms with E-state index in [1.54, 1.807) is 0 Å². The first kappa shape index (κ1) is 42.6. The fourth-order valence-corrected chi connectivity index (χ4v) is 8.57. The molecule has 0 saturated carbocycles. The Hall–Kier alpha value is -1.58. The van der Waals surface area contributed by atoms with Crippen LogP contribution in [0.15, 0.2) is 73.0 Å². The number of thiol groups is 2. The van der Waals surface area contributed by atoms with Gasteiger partial charge in [0.25, 0.3) is 0 Å². The Kier molecular flexibility index (Phi) is 16.0. The second-order valence-electron chi connectivity index (χ2n) is 17.8. The van der Waals surface area contributed by atoms with E-state index >= 15 is 0 Å². The molecule has 0 N–H and O–H groups in total. The summed E-state index contributed by atoms with van der Waals surface area (Å²) in [6.07, 6.45) is 6.95. The van der Waals surface area contributed by atoms with E-state index in [2.05, 4.69) is 175 Å². The summed E-state index contributed by atoms with van der Waals surface area (Å²) >= 11 is 9.14. The summed E-state index contributed by atoms with van der Waals surface area (Å²) in [5.74, 6) is 3.01. The van der Waals surface area contributed by atoms with E-state index in [-0.39, 0.29) is 21.7 Å². The summed E-state index contributed by atoms with van der Waals surface area (Å²) in [4.78, 5) is 2.39. The van der Waals surface area contributed by atoms with Crippen LogP contribution in [0.1, 0.15) is 156 Å². The minimum atomic E-state index is -0.0166. The molecule has 1 nitrogen and oxygen atoms in total. The highest BCUT2D eigenvalue weighted by molar-refractivity contribution is 7.80. The molecule has 0 amide bonds. The topological polar surface area (TPSA) is 3.24 Å². The van der Waals surface area contributed by atoms with Crippen LogP contribution < -0.4 is 0 Å². The van der Waals surface area contributed by atoms with Gasteiger partial charge < -0.3 is 4.90 Å². The van der Waals surface area contributed by atoms with Gasteiger partial charge in [-0.15, -0.1) is 6.58 Å². The molecule has 0 bridgehead atoms. The molecule has 2 aromatic carbocycles. The first-order valence-electron chi connectivity index (χ1n) is 18.7. The molecule has 0 saturated heterocycles. The molecule has 0 spiro atoms. The SMILES string of the molecule is C=C(C)CCC(=C)N(CCS)Cc1ccc(C(C(C)(C)C)C(C)(C)C(C)(C)C(CC(C)(C)C(C)CCCC)c2ccc(CS)cc2)cc1. The lowest BCUT2D eigenvalue weighted by molar-refractivity contribution is -0.0105. The normalized spacial score (nSPS) is 14.8. The molecule has 0 radical (unpaired) electrons. The van der Waals surface area contributed by atoms with Crippen LogP contribution in [0.2, 0.25) is 0 Å². The van der Waals surface area contributed by atoms with Crippen LogP contribution in [0.5, 0.6) is 0 Å². The van der Waals surface area contributed by atoms with Gasteiger partial charge in [-0.05, 0) is 87.9 Å². The van der Waals surface area contributed by atoms with Crippen LogP contribution >= 0.6 is 25.3 Å². The van der Waals surface area contributed by atoms with Crippen LogP contribution in [0.25, 0.3) is 0 Å². The molecule has 0 aliphatic heterocycles. The Balaban J connectivity index is 2.56. The molecule has 0 aliphatic carbocycles. The van der Waals surface area contributed by atoms with Crippen molar-refractivity contribution in [3.8, 4) is 0 Å². The van der Waals surface area contributed by atoms with Gasteiger partial charge in [0.05, 0.1) is 0 Å². The van der Waals surface area contributed by atoms with Crippen molar-refractivity contribution in [2.45, 2.75) is 146 Å². The van der Waals surface area contributed by atoms with Gasteiger partial charge in [0, 0.05) is 30.3 Å². The van der Waals surface area contributed by atoms with Gasteiger partial charge in [-0.25, -0.2) is 0 Å². The Morgan fingerprint density at radius 2 is 1.31 bits per heavy atom. The molecule has 0 heterocycles. The van der Waals surface area contributed by atoms with Crippen LogP contribution in [-0.2, 0) is 12.3 Å². The van der Waals surface area contributed by atoms with E-state index in [0.29, 0.717) is 17.8 Å². The van der Waals surface area contributed by atoms with Crippen molar-refractivity contribution in [2.75, 3.05) is 12.3 Å². The van der Waals surface area contributed by atoms with Crippen molar-refractivity contribution >= 4 is 25.3 Å². The summed E-state index contributed by atoms with van der Waals surface area (Å²) in [6.45, 7) is 39.8. The van der Waals surface area contributed by atoms with E-state index in [0.717, 1.165) is 37.4 Å². The Morgan fingerprint density at radius 1 is 0.771 bits per heavy atom. The third kappa shape index (κ3) is 11.2. The van der Waals surface area contributed by atoms with E-state index in [1.165, 1.54) is 59.2 Å². The Labute approximate surface area is 309 Å². The lowest BCUT2D eigenvalue weighted by Crippen LogP contribution is -2.47. The van der Waals surface area contributed by atoms with Gasteiger partial charge in [0.15, 0.2) is 0 Å². The molecule has 3 atom stereocenters. The molecule has 48 heavy (non-hydrogen) atoms. The van der Waals surface area contributed by atoms with Crippen LogP contribution in [0.3, 0.4) is 0 Å². The maximum atomic E-state index is 4.57. The zero-order valence-electron chi connectivity index (χ0n) is 33.2. The summed E-state index contributed by atoms with van der Waals surface area (Å²) in [5.41, 5.74) is 8.17. The summed E-state index contributed by atoms with van der Waals surface area (Å²) in [5, 5.41) is 0. The third-order valence-corrected chi connectivity index (χ3v) is 12.6. The number of hydrogen-bond donors (Lipinski definition) is 2. The van der Waals surface area contributed by atoms with Gasteiger partial charge in [0.1, 0.15) is 0 Å². The summed E-state index contributed by atoms with van der Waals surface area (Å²) < 4.78 is 0. The van der Waals surface area contributed by atoms with Crippen molar-refractivity contribution in [2.24, 2.45) is 27.6 Å². The van der Waals surface area contributed by atoms with Crippen molar-refractivity contribution < 1.29 is 0 Å². The lowest BCUT2D eigenvalue weighted by Gasteiger charge is -2.56. The molecule has 270 valence electrons. The second-order valence-corrected chi connectivity index (χ2v) is 18.6. The highest BCUT2D eigenvalue weighted by Gasteiger charge is 2.52. The zero-order valence-corrected chi connectivity index (χ0v) is 35.0. The minimum Gasteiger partial charge on any atom is -0.370 e. The predicted octanol–water partition coefficient (Wildman–Crippen LogP) is 13.9. The molecular formula is C45H73NS2. The summed E-state index contributed by atoms with van der Waals surface area (Å²) in [7, 11) is 0. The van der Waals surface area contributed by atoms with E-state index in [4.69, 9.17) is 0 Å². The monoisotopic (exact) mass is 692 g/mol. The molecule has 0 fully saturated rings. The first-order valence-corrected chi connectivity index (χ1v) is 20.0. The van der Waals surface area contributed by atoms with Crippen LogP contribution in [0, 0.1) is 27.6 Å². The molecule has 0 aliphatic rings. The molecule has 3 unspecified atom stereocenters. The maximum absolute atomic E-state index is 4.57. The largest absolute Gasteiger partial charge is 0.370 e. The number of unbranched alkanes of at least 4 members (excludes halogenated alkanes) is 1.